The lowest BCUT2D eigenvalue weighted by Gasteiger charge is -2.39. The molecule has 0 unspecified atom stereocenters. The van der Waals surface area contributed by atoms with Crippen molar-refractivity contribution in [1.29, 1.82) is 0 Å². The summed E-state index contributed by atoms with van der Waals surface area (Å²) in [7, 11) is 1.78. The van der Waals surface area contributed by atoms with Gasteiger partial charge in [-0.2, -0.15) is 4.98 Å². The highest BCUT2D eigenvalue weighted by Gasteiger charge is 2.47. The van der Waals surface area contributed by atoms with E-state index in [-0.39, 0.29) is 6.09 Å². The standard InChI is InChI=1S/C15H23N5O2/c1-4-11-10(2)12(18-13(16)17-11)20-7-5-6-15(9-20)8-19(3)14(21)22-15/h4-9H2,1-3H3,(H2,16,17,18)/t15-/m1/s1. The zero-order valence-electron chi connectivity index (χ0n) is 13.4. The summed E-state index contributed by atoms with van der Waals surface area (Å²) in [6, 6.07) is 0. The molecule has 0 aliphatic carbocycles. The smallest absolute Gasteiger partial charge is 0.410 e. The second-order valence-corrected chi connectivity index (χ2v) is 6.26. The first-order chi connectivity index (χ1) is 10.4. The molecule has 1 atom stereocenters. The van der Waals surface area contributed by atoms with Crippen LogP contribution >= 0.6 is 0 Å². The van der Waals surface area contributed by atoms with Crippen molar-refractivity contribution in [2.24, 2.45) is 0 Å². The molecule has 0 aromatic carbocycles. The molecule has 0 bridgehead atoms. The Balaban J connectivity index is 1.90. The van der Waals surface area contributed by atoms with Crippen LogP contribution in [0.1, 0.15) is 31.0 Å². The average molecular weight is 305 g/mol. The first-order valence-electron chi connectivity index (χ1n) is 7.76. The molecule has 3 rings (SSSR count). The van der Waals surface area contributed by atoms with Crippen LogP contribution in [0.3, 0.4) is 0 Å². The number of nitrogens with two attached hydrogens (primary N) is 1. The number of nitrogen functional groups attached to an aromatic ring is 1. The second kappa shape index (κ2) is 5.30. The Bertz CT molecular complexity index is 606. The molecule has 120 valence electrons. The van der Waals surface area contributed by atoms with E-state index < -0.39 is 5.60 Å². The topological polar surface area (TPSA) is 84.6 Å². The molecule has 1 amide bonds. The molecule has 22 heavy (non-hydrogen) atoms. The number of amides is 1. The Labute approximate surface area is 130 Å². The quantitative estimate of drug-likeness (QED) is 0.888. The van der Waals surface area contributed by atoms with Crippen molar-refractivity contribution in [2.75, 3.05) is 37.3 Å². The molecule has 2 aliphatic rings. The van der Waals surface area contributed by atoms with E-state index in [0.29, 0.717) is 19.0 Å². The van der Waals surface area contributed by atoms with Gasteiger partial charge in [0.1, 0.15) is 11.4 Å². The van der Waals surface area contributed by atoms with Gasteiger partial charge in [0.05, 0.1) is 18.8 Å². The zero-order valence-corrected chi connectivity index (χ0v) is 13.4. The summed E-state index contributed by atoms with van der Waals surface area (Å²) in [5.74, 6) is 1.17. The van der Waals surface area contributed by atoms with E-state index >= 15 is 0 Å². The van der Waals surface area contributed by atoms with E-state index in [4.69, 9.17) is 10.5 Å². The Kier molecular flexibility index (Phi) is 3.58. The van der Waals surface area contributed by atoms with Gasteiger partial charge in [0.25, 0.3) is 0 Å². The van der Waals surface area contributed by atoms with Crippen molar-refractivity contribution in [3.8, 4) is 0 Å². The van der Waals surface area contributed by atoms with E-state index in [1.165, 1.54) is 0 Å². The number of ether oxygens (including phenoxy) is 1. The van der Waals surface area contributed by atoms with E-state index in [9.17, 15) is 4.79 Å². The Hall–Kier alpha value is -2.05. The second-order valence-electron chi connectivity index (χ2n) is 6.26. The van der Waals surface area contributed by atoms with Crippen LogP contribution in [0.5, 0.6) is 0 Å². The van der Waals surface area contributed by atoms with Gasteiger partial charge in [0, 0.05) is 19.2 Å². The molecule has 2 saturated heterocycles. The van der Waals surface area contributed by atoms with Crippen molar-refractivity contribution in [3.05, 3.63) is 11.3 Å². The maximum absolute atomic E-state index is 11.8. The highest BCUT2D eigenvalue weighted by Crippen LogP contribution is 2.34. The van der Waals surface area contributed by atoms with Crippen LogP contribution in [0.2, 0.25) is 0 Å². The molecule has 7 heteroatoms. The van der Waals surface area contributed by atoms with E-state index in [0.717, 1.165) is 42.9 Å². The summed E-state index contributed by atoms with van der Waals surface area (Å²) in [6.45, 7) is 6.27. The summed E-state index contributed by atoms with van der Waals surface area (Å²) < 4.78 is 5.65. The van der Waals surface area contributed by atoms with Crippen molar-refractivity contribution >= 4 is 17.9 Å². The number of nitrogens with zero attached hydrogens (tertiary/aromatic N) is 4. The van der Waals surface area contributed by atoms with Crippen LogP contribution < -0.4 is 10.6 Å². The van der Waals surface area contributed by atoms with Gasteiger partial charge in [-0.25, -0.2) is 9.78 Å². The van der Waals surface area contributed by atoms with E-state index in [2.05, 4.69) is 21.8 Å². The fraction of sp³-hybridized carbons (Fsp3) is 0.667. The third kappa shape index (κ3) is 2.44. The van der Waals surface area contributed by atoms with Crippen molar-refractivity contribution in [1.82, 2.24) is 14.9 Å². The largest absolute Gasteiger partial charge is 0.439 e. The number of rotatable bonds is 2. The van der Waals surface area contributed by atoms with Gasteiger partial charge >= 0.3 is 6.09 Å². The highest BCUT2D eigenvalue weighted by atomic mass is 16.6. The Morgan fingerprint density at radius 2 is 2.14 bits per heavy atom. The SMILES string of the molecule is CCc1nc(N)nc(N2CCC[C@@]3(CN(C)C(=O)O3)C2)c1C. The molecule has 7 nitrogen and oxygen atoms in total. The molecule has 1 aromatic heterocycles. The molecular formula is C15H23N5O2. The molecule has 2 fully saturated rings. The van der Waals surface area contributed by atoms with Crippen LogP contribution in [-0.2, 0) is 11.2 Å². The Morgan fingerprint density at radius 1 is 1.36 bits per heavy atom. The predicted octanol–water partition coefficient (Wildman–Crippen LogP) is 1.35. The first kappa shape index (κ1) is 14.9. The number of anilines is 2. The lowest BCUT2D eigenvalue weighted by Crippen LogP contribution is -2.51. The van der Waals surface area contributed by atoms with Gasteiger partial charge in [-0.1, -0.05) is 6.92 Å². The minimum absolute atomic E-state index is 0.241. The number of aromatic nitrogens is 2. The monoisotopic (exact) mass is 305 g/mol. The number of likely N-dealkylation sites (N-methyl/N-ethyl adjacent to an activating group) is 1. The normalized spacial score (nSPS) is 25.0. The summed E-state index contributed by atoms with van der Waals surface area (Å²) >= 11 is 0. The molecule has 2 aliphatic heterocycles. The average Bonchev–Trinajstić information content (AvgIpc) is 2.75. The third-order valence-electron chi connectivity index (χ3n) is 4.55. The van der Waals surface area contributed by atoms with Crippen molar-refractivity contribution in [2.45, 2.75) is 38.7 Å². The minimum atomic E-state index is -0.428. The molecule has 0 radical (unpaired) electrons. The fourth-order valence-electron chi connectivity index (χ4n) is 3.50. The molecule has 1 spiro atoms. The number of carbonyl (C=O) groups is 1. The van der Waals surface area contributed by atoms with Crippen LogP contribution in [0.15, 0.2) is 0 Å². The number of hydrogen-bond donors (Lipinski definition) is 1. The summed E-state index contributed by atoms with van der Waals surface area (Å²) in [4.78, 5) is 24.3. The van der Waals surface area contributed by atoms with Gasteiger partial charge in [0.15, 0.2) is 0 Å². The lowest BCUT2D eigenvalue weighted by atomic mass is 9.92. The number of carbonyl (C=O) groups excluding carboxylic acids is 1. The third-order valence-corrected chi connectivity index (χ3v) is 4.55. The first-order valence-corrected chi connectivity index (χ1v) is 7.76. The zero-order chi connectivity index (χ0) is 15.9. The van der Waals surface area contributed by atoms with Crippen LogP contribution in [0.25, 0.3) is 0 Å². The van der Waals surface area contributed by atoms with E-state index in [1.807, 2.05) is 6.92 Å². The van der Waals surface area contributed by atoms with Gasteiger partial charge in [0.2, 0.25) is 5.95 Å². The van der Waals surface area contributed by atoms with Crippen LogP contribution in [0, 0.1) is 6.92 Å². The fourth-order valence-corrected chi connectivity index (χ4v) is 3.50. The van der Waals surface area contributed by atoms with Crippen LogP contribution in [-0.4, -0.2) is 53.2 Å². The molecule has 0 saturated carbocycles. The van der Waals surface area contributed by atoms with Gasteiger partial charge in [-0.05, 0) is 26.2 Å². The molecular weight excluding hydrogens is 282 g/mol. The number of piperidine rings is 1. The summed E-state index contributed by atoms with van der Waals surface area (Å²) in [6.07, 6.45) is 2.43. The van der Waals surface area contributed by atoms with Gasteiger partial charge in [-0.15, -0.1) is 0 Å². The molecule has 1 aromatic rings. The lowest BCUT2D eigenvalue weighted by molar-refractivity contribution is 0.0445. The van der Waals surface area contributed by atoms with Crippen molar-refractivity contribution in [3.63, 3.8) is 0 Å². The highest BCUT2D eigenvalue weighted by molar-refractivity contribution is 5.70. The van der Waals surface area contributed by atoms with Gasteiger partial charge < -0.3 is 20.3 Å². The van der Waals surface area contributed by atoms with E-state index in [1.54, 1.807) is 11.9 Å². The maximum atomic E-state index is 11.8. The molecule has 3 heterocycles. The summed E-state index contributed by atoms with van der Waals surface area (Å²) in [5.41, 5.74) is 7.47. The van der Waals surface area contributed by atoms with Gasteiger partial charge in [-0.3, -0.25) is 0 Å². The molecule has 2 N–H and O–H groups in total. The number of hydrogen-bond acceptors (Lipinski definition) is 6. The van der Waals surface area contributed by atoms with Crippen molar-refractivity contribution < 1.29 is 9.53 Å². The van der Waals surface area contributed by atoms with Crippen LogP contribution in [0.4, 0.5) is 16.6 Å². The maximum Gasteiger partial charge on any atom is 0.410 e. The Morgan fingerprint density at radius 3 is 2.77 bits per heavy atom. The summed E-state index contributed by atoms with van der Waals surface area (Å²) in [5, 5.41) is 0. The minimum Gasteiger partial charge on any atom is -0.439 e. The predicted molar refractivity (Wildman–Crippen MR) is 83.8 cm³/mol. The number of aryl methyl sites for hydroxylation is 1.